The molecule has 0 radical (unpaired) electrons. The molecule has 3 heterocycles. The van der Waals surface area contributed by atoms with Crippen LogP contribution in [0.5, 0.6) is 0 Å². The van der Waals surface area contributed by atoms with Crippen LogP contribution in [-0.2, 0) is 0 Å². The monoisotopic (exact) mass is 292 g/mol. The number of likely N-dealkylation sites (tertiary alicyclic amines) is 1. The number of aromatic nitrogens is 3. The van der Waals surface area contributed by atoms with Crippen LogP contribution in [-0.4, -0.2) is 77.5 Å². The quantitative estimate of drug-likeness (QED) is 0.835. The van der Waals surface area contributed by atoms with E-state index in [4.69, 9.17) is 0 Å². The van der Waals surface area contributed by atoms with Crippen molar-refractivity contribution in [2.75, 3.05) is 46.8 Å². The third-order valence-electron chi connectivity index (χ3n) is 4.58. The Kier molecular flexibility index (Phi) is 4.21. The predicted molar refractivity (Wildman–Crippen MR) is 79.1 cm³/mol. The van der Waals surface area contributed by atoms with Gasteiger partial charge in [0.15, 0.2) is 5.69 Å². The van der Waals surface area contributed by atoms with Gasteiger partial charge in [0.05, 0.1) is 12.2 Å². The van der Waals surface area contributed by atoms with Crippen molar-refractivity contribution in [3.05, 3.63) is 11.9 Å². The van der Waals surface area contributed by atoms with Crippen LogP contribution < -0.4 is 5.32 Å². The van der Waals surface area contributed by atoms with Gasteiger partial charge >= 0.3 is 0 Å². The van der Waals surface area contributed by atoms with Gasteiger partial charge in [-0.15, -0.1) is 5.10 Å². The van der Waals surface area contributed by atoms with Crippen molar-refractivity contribution in [1.29, 1.82) is 0 Å². The summed E-state index contributed by atoms with van der Waals surface area (Å²) in [4.78, 5) is 16.5. The molecule has 1 amide bonds. The van der Waals surface area contributed by atoms with Gasteiger partial charge < -0.3 is 15.1 Å². The molecule has 7 heteroatoms. The molecule has 1 aromatic rings. The first-order chi connectivity index (χ1) is 10.1. The molecule has 2 fully saturated rings. The van der Waals surface area contributed by atoms with Crippen LogP contribution in [0.25, 0.3) is 0 Å². The maximum absolute atomic E-state index is 12.4. The van der Waals surface area contributed by atoms with Crippen LogP contribution in [0.2, 0.25) is 0 Å². The summed E-state index contributed by atoms with van der Waals surface area (Å²) in [6, 6.07) is 0.346. The Hall–Kier alpha value is -1.47. The Morgan fingerprint density at radius 1 is 1.43 bits per heavy atom. The largest absolute Gasteiger partial charge is 0.340 e. The highest BCUT2D eigenvalue weighted by Crippen LogP contribution is 2.18. The fraction of sp³-hybridized carbons (Fsp3) is 0.786. The molecule has 0 saturated carbocycles. The van der Waals surface area contributed by atoms with E-state index in [9.17, 15) is 4.79 Å². The summed E-state index contributed by atoms with van der Waals surface area (Å²) < 4.78 is 1.80. The zero-order valence-corrected chi connectivity index (χ0v) is 12.8. The number of piperidine rings is 1. The molecule has 3 rings (SSSR count). The van der Waals surface area contributed by atoms with Gasteiger partial charge in [-0.05, 0) is 38.9 Å². The highest BCUT2D eigenvalue weighted by Gasteiger charge is 2.25. The first kappa shape index (κ1) is 14.5. The van der Waals surface area contributed by atoms with Gasteiger partial charge in [0.2, 0.25) is 0 Å². The minimum Gasteiger partial charge on any atom is -0.340 e. The van der Waals surface area contributed by atoms with Gasteiger partial charge in [0, 0.05) is 26.7 Å². The molecular weight excluding hydrogens is 268 g/mol. The predicted octanol–water partition coefficient (Wildman–Crippen LogP) is -0.164. The van der Waals surface area contributed by atoms with E-state index in [0.717, 1.165) is 45.6 Å². The van der Waals surface area contributed by atoms with E-state index in [1.54, 1.807) is 15.8 Å². The SMILES string of the molecule is CN1CCC(CN(C)C(=O)c2cn(C3CNC3)nn2)CC1. The molecule has 7 nitrogen and oxygen atoms in total. The number of nitrogens with zero attached hydrogens (tertiary/aromatic N) is 5. The maximum atomic E-state index is 12.4. The third-order valence-corrected chi connectivity index (χ3v) is 4.58. The van der Waals surface area contributed by atoms with Gasteiger partial charge in [0.1, 0.15) is 0 Å². The number of rotatable bonds is 4. The van der Waals surface area contributed by atoms with E-state index < -0.39 is 0 Å². The first-order valence-corrected chi connectivity index (χ1v) is 7.70. The molecule has 2 saturated heterocycles. The van der Waals surface area contributed by atoms with Crippen LogP contribution in [0, 0.1) is 5.92 Å². The van der Waals surface area contributed by atoms with E-state index in [2.05, 4.69) is 27.6 Å². The van der Waals surface area contributed by atoms with Crippen molar-refractivity contribution in [2.45, 2.75) is 18.9 Å². The lowest BCUT2D eigenvalue weighted by molar-refractivity contribution is 0.0741. The lowest BCUT2D eigenvalue weighted by Crippen LogP contribution is -2.43. The Labute approximate surface area is 125 Å². The van der Waals surface area contributed by atoms with Crippen LogP contribution in [0.1, 0.15) is 29.4 Å². The van der Waals surface area contributed by atoms with Crippen LogP contribution in [0.15, 0.2) is 6.20 Å². The fourth-order valence-corrected chi connectivity index (χ4v) is 2.92. The maximum Gasteiger partial charge on any atom is 0.275 e. The number of nitrogens with one attached hydrogen (secondary N) is 1. The van der Waals surface area contributed by atoms with E-state index in [-0.39, 0.29) is 5.91 Å². The van der Waals surface area contributed by atoms with Crippen LogP contribution >= 0.6 is 0 Å². The summed E-state index contributed by atoms with van der Waals surface area (Å²) in [5.74, 6) is 0.577. The molecule has 116 valence electrons. The topological polar surface area (TPSA) is 66.3 Å². The minimum atomic E-state index is -0.0209. The second-order valence-corrected chi connectivity index (χ2v) is 6.33. The Morgan fingerprint density at radius 3 is 2.76 bits per heavy atom. The molecule has 2 aliphatic heterocycles. The molecule has 0 bridgehead atoms. The fourth-order valence-electron chi connectivity index (χ4n) is 2.92. The average molecular weight is 292 g/mol. The zero-order chi connectivity index (χ0) is 14.8. The lowest BCUT2D eigenvalue weighted by Gasteiger charge is -2.31. The Balaban J connectivity index is 1.55. The molecule has 1 N–H and O–H groups in total. The standard InChI is InChI=1S/C14H24N6O/c1-18-5-3-11(4-6-18)9-19(2)14(21)13-10-20(17-16-13)12-7-15-8-12/h10-12,15H,3-9H2,1-2H3. The van der Waals surface area contributed by atoms with Gasteiger partial charge in [-0.2, -0.15) is 0 Å². The zero-order valence-electron chi connectivity index (χ0n) is 12.8. The molecule has 0 spiro atoms. The van der Waals surface area contributed by atoms with Crippen molar-refractivity contribution in [3.8, 4) is 0 Å². The van der Waals surface area contributed by atoms with Gasteiger partial charge in [-0.1, -0.05) is 5.21 Å². The molecule has 0 aliphatic carbocycles. The molecule has 0 atom stereocenters. The van der Waals surface area contributed by atoms with E-state index in [0.29, 0.717) is 17.7 Å². The molecule has 21 heavy (non-hydrogen) atoms. The van der Waals surface area contributed by atoms with E-state index in [1.807, 2.05) is 7.05 Å². The summed E-state index contributed by atoms with van der Waals surface area (Å²) in [5, 5.41) is 11.3. The number of carbonyl (C=O) groups excluding carboxylic acids is 1. The van der Waals surface area contributed by atoms with Crippen molar-refractivity contribution >= 4 is 5.91 Å². The summed E-state index contributed by atoms with van der Waals surface area (Å²) in [6.45, 7) is 4.87. The lowest BCUT2D eigenvalue weighted by atomic mass is 9.96. The first-order valence-electron chi connectivity index (χ1n) is 7.70. The number of amides is 1. The highest BCUT2D eigenvalue weighted by molar-refractivity contribution is 5.91. The number of hydrogen-bond donors (Lipinski definition) is 1. The molecule has 0 aromatic carbocycles. The summed E-state index contributed by atoms with van der Waals surface area (Å²) in [6.07, 6.45) is 4.10. The second kappa shape index (κ2) is 6.11. The van der Waals surface area contributed by atoms with E-state index in [1.165, 1.54) is 0 Å². The minimum absolute atomic E-state index is 0.0209. The summed E-state index contributed by atoms with van der Waals surface area (Å²) in [7, 11) is 4.02. The number of hydrogen-bond acceptors (Lipinski definition) is 5. The normalized spacial score (nSPS) is 21.2. The summed E-state index contributed by atoms with van der Waals surface area (Å²) in [5.41, 5.74) is 0.456. The van der Waals surface area contributed by atoms with Gasteiger partial charge in [0.25, 0.3) is 5.91 Å². The Morgan fingerprint density at radius 2 is 2.14 bits per heavy atom. The van der Waals surface area contributed by atoms with Crippen molar-refractivity contribution in [1.82, 2.24) is 30.1 Å². The van der Waals surface area contributed by atoms with Crippen molar-refractivity contribution < 1.29 is 4.79 Å². The smallest absolute Gasteiger partial charge is 0.275 e. The van der Waals surface area contributed by atoms with Gasteiger partial charge in [-0.25, -0.2) is 4.68 Å². The van der Waals surface area contributed by atoms with Crippen molar-refractivity contribution in [2.24, 2.45) is 5.92 Å². The van der Waals surface area contributed by atoms with Gasteiger partial charge in [-0.3, -0.25) is 4.79 Å². The molecule has 2 aliphatic rings. The average Bonchev–Trinajstić information content (AvgIpc) is 2.87. The Bertz CT molecular complexity index is 489. The third kappa shape index (κ3) is 3.24. The summed E-state index contributed by atoms with van der Waals surface area (Å²) >= 11 is 0. The molecule has 0 unspecified atom stereocenters. The molecular formula is C14H24N6O. The molecule has 1 aromatic heterocycles. The van der Waals surface area contributed by atoms with E-state index >= 15 is 0 Å². The van der Waals surface area contributed by atoms with Crippen LogP contribution in [0.3, 0.4) is 0 Å². The second-order valence-electron chi connectivity index (χ2n) is 6.33. The van der Waals surface area contributed by atoms with Crippen LogP contribution in [0.4, 0.5) is 0 Å². The van der Waals surface area contributed by atoms with Crippen molar-refractivity contribution in [3.63, 3.8) is 0 Å². The highest BCUT2D eigenvalue weighted by atomic mass is 16.2. The number of carbonyl (C=O) groups is 1.